The van der Waals surface area contributed by atoms with Gasteiger partial charge >= 0.3 is 13.0 Å². The number of pyridine rings is 1. The molecule has 6 heteroatoms. The summed E-state index contributed by atoms with van der Waals surface area (Å²) in [5, 5.41) is 3.49. The molecule has 2 nitrogen and oxygen atoms in total. The van der Waals surface area contributed by atoms with Crippen LogP contribution < -0.4 is 10.9 Å². The van der Waals surface area contributed by atoms with Crippen LogP contribution in [0.5, 0.6) is 0 Å². The Morgan fingerprint density at radius 1 is 0.791 bits per heavy atom. The van der Waals surface area contributed by atoms with E-state index >= 15 is 0 Å². The first-order chi connectivity index (χ1) is 20.5. The fourth-order valence-electron chi connectivity index (χ4n) is 6.99. The summed E-state index contributed by atoms with van der Waals surface area (Å²) in [5.41, 5.74) is 10.1. The zero-order valence-corrected chi connectivity index (χ0v) is 25.0. The fraction of sp³-hybridized carbons (Fsp3) is 0.216. The average molecular weight is 572 g/mol. The van der Waals surface area contributed by atoms with Gasteiger partial charge in [-0.2, -0.15) is 13.2 Å². The van der Waals surface area contributed by atoms with Crippen LogP contribution in [0.15, 0.2) is 91.1 Å². The highest BCUT2D eigenvalue weighted by molar-refractivity contribution is 6.87. The van der Waals surface area contributed by atoms with E-state index in [0.717, 1.165) is 39.0 Å². The second-order valence-electron chi connectivity index (χ2n) is 12.6. The maximum Gasteiger partial charge on any atom is 0.394 e. The molecule has 1 aliphatic rings. The zero-order chi connectivity index (χ0) is 30.3. The molecule has 1 aliphatic heterocycles. The third-order valence-corrected chi connectivity index (χ3v) is 9.35. The molecule has 0 amide bonds. The lowest BCUT2D eigenvalue weighted by Crippen LogP contribution is -2.53. The van der Waals surface area contributed by atoms with Crippen molar-refractivity contribution in [1.82, 2.24) is 9.46 Å². The van der Waals surface area contributed by atoms with E-state index in [1.165, 1.54) is 46.7 Å². The van der Waals surface area contributed by atoms with Gasteiger partial charge in [0.1, 0.15) is 0 Å². The van der Waals surface area contributed by atoms with Crippen molar-refractivity contribution in [2.24, 2.45) is 5.41 Å². The van der Waals surface area contributed by atoms with Gasteiger partial charge in [-0.3, -0.25) is 4.98 Å². The number of halogens is 3. The first kappa shape index (κ1) is 27.5. The van der Waals surface area contributed by atoms with E-state index in [0.29, 0.717) is 5.56 Å². The Morgan fingerprint density at radius 2 is 1.44 bits per heavy atom. The number of benzene rings is 4. The molecule has 0 saturated heterocycles. The lowest BCUT2D eigenvalue weighted by Gasteiger charge is -2.30. The summed E-state index contributed by atoms with van der Waals surface area (Å²) in [5.74, 6) is 0. The van der Waals surface area contributed by atoms with Gasteiger partial charge in [-0.05, 0) is 83.3 Å². The highest BCUT2D eigenvalue weighted by Gasteiger charge is 2.47. The van der Waals surface area contributed by atoms with Crippen LogP contribution in [0.1, 0.15) is 36.1 Å². The van der Waals surface area contributed by atoms with Crippen molar-refractivity contribution in [3.8, 4) is 22.5 Å². The summed E-state index contributed by atoms with van der Waals surface area (Å²) in [6.07, 6.45) is -2.46. The Morgan fingerprint density at radius 3 is 2.09 bits per heavy atom. The average Bonchev–Trinajstić information content (AvgIpc) is 3.26. The number of hydrogen-bond acceptors (Lipinski definition) is 1. The molecule has 0 spiro atoms. The summed E-state index contributed by atoms with van der Waals surface area (Å²) in [6.45, 7) is 8.91. The van der Waals surface area contributed by atoms with Crippen molar-refractivity contribution >= 4 is 39.4 Å². The fourth-order valence-corrected chi connectivity index (χ4v) is 6.99. The van der Waals surface area contributed by atoms with Crippen molar-refractivity contribution < 1.29 is 13.2 Å². The second-order valence-corrected chi connectivity index (χ2v) is 12.6. The molecule has 0 aliphatic carbocycles. The molecule has 0 unspecified atom stereocenters. The van der Waals surface area contributed by atoms with E-state index in [9.17, 15) is 13.2 Å². The van der Waals surface area contributed by atoms with Crippen molar-refractivity contribution in [3.63, 3.8) is 0 Å². The van der Waals surface area contributed by atoms with Crippen molar-refractivity contribution in [2.75, 3.05) is 0 Å². The number of alkyl halides is 3. The highest BCUT2D eigenvalue weighted by atomic mass is 19.4. The number of rotatable bonds is 4. The maximum absolute atomic E-state index is 13.7. The molecule has 3 heterocycles. The van der Waals surface area contributed by atoms with Crippen molar-refractivity contribution in [2.45, 2.75) is 47.2 Å². The first-order valence-electron chi connectivity index (χ1n) is 14.7. The van der Waals surface area contributed by atoms with E-state index in [1.807, 2.05) is 30.5 Å². The van der Waals surface area contributed by atoms with E-state index in [-0.39, 0.29) is 13.3 Å². The van der Waals surface area contributed by atoms with Crippen LogP contribution in [0, 0.1) is 26.2 Å². The molecule has 43 heavy (non-hydrogen) atoms. The third kappa shape index (κ3) is 4.22. The van der Waals surface area contributed by atoms with Crippen LogP contribution in [-0.4, -0.2) is 22.5 Å². The van der Waals surface area contributed by atoms with Gasteiger partial charge in [0, 0.05) is 17.3 Å². The Labute approximate surface area is 250 Å². The predicted molar refractivity (Wildman–Crippen MR) is 173 cm³/mol. The largest absolute Gasteiger partial charge is 0.394 e. The molecule has 0 saturated carbocycles. The summed E-state index contributed by atoms with van der Waals surface area (Å²) in [4.78, 5) is 4.96. The molecule has 0 bridgehead atoms. The minimum atomic E-state index is -4.27. The van der Waals surface area contributed by atoms with Crippen molar-refractivity contribution in [1.29, 1.82) is 0 Å². The molecule has 6 aromatic rings. The minimum absolute atomic E-state index is 0.0711. The molecule has 0 fully saturated rings. The lowest BCUT2D eigenvalue weighted by molar-refractivity contribution is -0.211. The Balaban J connectivity index is 1.51. The van der Waals surface area contributed by atoms with Gasteiger partial charge in [0.25, 0.3) is 0 Å². The Kier molecular flexibility index (Phi) is 6.14. The molecule has 0 radical (unpaired) electrons. The number of fused-ring (bicyclic) bond motifs is 3. The number of hydrogen-bond donors (Lipinski definition) is 0. The molecule has 0 atom stereocenters. The van der Waals surface area contributed by atoms with Crippen molar-refractivity contribution in [3.05, 3.63) is 113 Å². The van der Waals surface area contributed by atoms with Crippen LogP contribution >= 0.6 is 0 Å². The molecule has 7 rings (SSSR count). The summed E-state index contributed by atoms with van der Waals surface area (Å²) < 4.78 is 43.4. The van der Waals surface area contributed by atoms with E-state index in [1.54, 1.807) is 0 Å². The van der Waals surface area contributed by atoms with Gasteiger partial charge in [-0.25, -0.2) is 0 Å². The number of aromatic nitrogens is 2. The van der Waals surface area contributed by atoms with Crippen LogP contribution in [0.4, 0.5) is 13.2 Å². The van der Waals surface area contributed by atoms with E-state index < -0.39 is 11.6 Å². The molecule has 0 N–H and O–H groups in total. The van der Waals surface area contributed by atoms with Crippen LogP contribution in [0.2, 0.25) is 0 Å². The number of aryl methyl sites for hydroxylation is 3. The standard InChI is InChI=1S/C37H32BF3N2/c1-22-9-8-10-23(2)32(22)38-31-20-28-12-7-6-11-27(28)19-30(31)33-35-29(17-18-42-33)24(3)34(43(35)38)26-15-13-25(14-16-26)21-36(4,5)37(39,40)41/h6-20H,21H2,1-5H3. The predicted octanol–water partition coefficient (Wildman–Crippen LogP) is 8.55. The molecular weight excluding hydrogens is 540 g/mol. The number of nitrogens with zero attached hydrogens (tertiary/aromatic N) is 2. The lowest BCUT2D eigenvalue weighted by atomic mass is 9.45. The second kappa shape index (κ2) is 9.60. The molecule has 2 aromatic heterocycles. The normalized spacial score (nSPS) is 13.2. The molecule has 4 aromatic carbocycles. The Hall–Kier alpha value is -4.32. The topological polar surface area (TPSA) is 17.8 Å². The van der Waals surface area contributed by atoms with Gasteiger partial charge in [-0.1, -0.05) is 97.8 Å². The maximum atomic E-state index is 13.7. The van der Waals surface area contributed by atoms with Crippen LogP contribution in [-0.2, 0) is 6.42 Å². The van der Waals surface area contributed by atoms with Gasteiger partial charge in [0.2, 0.25) is 0 Å². The summed E-state index contributed by atoms with van der Waals surface area (Å²) >= 11 is 0. The molecular formula is C37H32BF3N2. The van der Waals surface area contributed by atoms with Gasteiger partial charge < -0.3 is 4.48 Å². The van der Waals surface area contributed by atoms with Gasteiger partial charge in [0.15, 0.2) is 0 Å². The van der Waals surface area contributed by atoms with Crippen LogP contribution in [0.3, 0.4) is 0 Å². The van der Waals surface area contributed by atoms with Gasteiger partial charge in [0.05, 0.1) is 16.6 Å². The monoisotopic (exact) mass is 572 g/mol. The Bertz CT molecular complexity index is 2030. The quantitative estimate of drug-likeness (QED) is 0.193. The zero-order valence-electron chi connectivity index (χ0n) is 25.0. The van der Waals surface area contributed by atoms with E-state index in [2.05, 4.69) is 85.9 Å². The van der Waals surface area contributed by atoms with Crippen LogP contribution in [0.25, 0.3) is 44.2 Å². The first-order valence-corrected chi connectivity index (χ1v) is 14.7. The summed E-state index contributed by atoms with van der Waals surface area (Å²) in [7, 11) is 0. The highest BCUT2D eigenvalue weighted by Crippen LogP contribution is 2.43. The smallest absolute Gasteiger partial charge is 0.374 e. The SMILES string of the molecule is Cc1cccc(C)c1B1c2cc3ccccc3cc2-c2nccc3c(C)c(-c4ccc(CC(C)(C)C(F)(F)F)cc4)n1c23. The minimum Gasteiger partial charge on any atom is -0.374 e. The van der Waals surface area contributed by atoms with E-state index in [4.69, 9.17) is 4.98 Å². The summed E-state index contributed by atoms with van der Waals surface area (Å²) in [6, 6.07) is 29.2. The molecule has 214 valence electrons. The van der Waals surface area contributed by atoms with Gasteiger partial charge in [-0.15, -0.1) is 0 Å². The third-order valence-electron chi connectivity index (χ3n) is 9.35.